The van der Waals surface area contributed by atoms with Crippen molar-refractivity contribution in [2.24, 2.45) is 17.3 Å². The summed E-state index contributed by atoms with van der Waals surface area (Å²) in [6.07, 6.45) is 15.0. The zero-order valence-corrected chi connectivity index (χ0v) is 19.3. The van der Waals surface area contributed by atoms with Gasteiger partial charge >= 0.3 is 0 Å². The first-order valence-electron chi connectivity index (χ1n) is 12.1. The Morgan fingerprint density at radius 1 is 1.00 bits per heavy atom. The lowest BCUT2D eigenvalue weighted by Gasteiger charge is -2.28. The summed E-state index contributed by atoms with van der Waals surface area (Å²) in [6, 6.07) is 0. The Labute approximate surface area is 178 Å². The molecule has 0 aliphatic carbocycles. The molecule has 2 heterocycles. The molecule has 2 rings (SSSR count). The average Bonchev–Trinajstić information content (AvgIpc) is 3.28. The summed E-state index contributed by atoms with van der Waals surface area (Å²) in [5.74, 6) is 1.16. The van der Waals surface area contributed by atoms with Crippen molar-refractivity contribution < 1.29 is 19.5 Å². The van der Waals surface area contributed by atoms with Crippen LogP contribution in [0.5, 0.6) is 0 Å². The van der Waals surface area contributed by atoms with Crippen LogP contribution in [0.15, 0.2) is 0 Å². The first kappa shape index (κ1) is 24.6. The minimum atomic E-state index is -0.490. The lowest BCUT2D eigenvalue weighted by Crippen LogP contribution is -2.36. The summed E-state index contributed by atoms with van der Waals surface area (Å²) < 4.78 is 12.2. The Balaban J connectivity index is 1.63. The van der Waals surface area contributed by atoms with E-state index in [1.54, 1.807) is 0 Å². The third kappa shape index (κ3) is 7.52. The predicted molar refractivity (Wildman–Crippen MR) is 116 cm³/mol. The molecule has 4 atom stereocenters. The number of unbranched alkanes of at least 4 members (excludes halogenated alkanes) is 5. The predicted octanol–water partition coefficient (Wildman–Crippen LogP) is 5.59. The number of carbonyl (C=O) groups is 1. The number of hydrogen-bond donors (Lipinski definition) is 1. The Morgan fingerprint density at radius 3 is 2.31 bits per heavy atom. The minimum absolute atomic E-state index is 0.200. The van der Waals surface area contributed by atoms with Gasteiger partial charge in [0.25, 0.3) is 5.91 Å². The summed E-state index contributed by atoms with van der Waals surface area (Å²) >= 11 is 0. The van der Waals surface area contributed by atoms with Crippen LogP contribution in [-0.2, 0) is 14.3 Å². The van der Waals surface area contributed by atoms with Crippen LogP contribution in [-0.4, -0.2) is 48.6 Å². The van der Waals surface area contributed by atoms with E-state index in [9.17, 15) is 10.0 Å². The maximum atomic E-state index is 12.0. The van der Waals surface area contributed by atoms with Crippen molar-refractivity contribution in [3.8, 4) is 0 Å². The molecule has 2 aliphatic heterocycles. The first-order chi connectivity index (χ1) is 13.9. The van der Waals surface area contributed by atoms with Crippen molar-refractivity contribution >= 4 is 5.91 Å². The van der Waals surface area contributed by atoms with Crippen LogP contribution >= 0.6 is 0 Å². The van der Waals surface area contributed by atoms with Crippen LogP contribution in [0, 0.1) is 17.3 Å². The normalized spacial score (nSPS) is 26.2. The highest BCUT2D eigenvalue weighted by molar-refractivity contribution is 5.80. The second-order valence-electron chi connectivity index (χ2n) is 9.89. The molecule has 4 unspecified atom stereocenters. The van der Waals surface area contributed by atoms with Crippen LogP contribution in [0.4, 0.5) is 0 Å². The van der Waals surface area contributed by atoms with Gasteiger partial charge in [-0.1, -0.05) is 59.3 Å². The lowest BCUT2D eigenvalue weighted by molar-refractivity contribution is -0.169. The van der Waals surface area contributed by atoms with Gasteiger partial charge in [-0.15, -0.1) is 0 Å². The molecule has 2 fully saturated rings. The van der Waals surface area contributed by atoms with Crippen molar-refractivity contribution in [3.05, 3.63) is 0 Å². The fourth-order valence-electron chi connectivity index (χ4n) is 5.29. The molecule has 170 valence electrons. The van der Waals surface area contributed by atoms with E-state index in [1.807, 2.05) is 13.8 Å². The second-order valence-corrected chi connectivity index (χ2v) is 9.89. The van der Waals surface area contributed by atoms with Crippen LogP contribution in [0.2, 0.25) is 0 Å². The molecule has 0 saturated carbocycles. The topological polar surface area (TPSA) is 59.0 Å². The third-order valence-electron chi connectivity index (χ3n) is 7.04. The van der Waals surface area contributed by atoms with Gasteiger partial charge in [0.05, 0.1) is 12.2 Å². The maximum Gasteiger partial charge on any atom is 0.251 e. The fourth-order valence-corrected chi connectivity index (χ4v) is 5.29. The molecule has 1 amide bonds. The third-order valence-corrected chi connectivity index (χ3v) is 7.04. The minimum Gasteiger partial charge on any atom is -0.381 e. The van der Waals surface area contributed by atoms with E-state index in [2.05, 4.69) is 6.92 Å². The number of carbonyl (C=O) groups excluding carboxylic acids is 1. The van der Waals surface area contributed by atoms with Gasteiger partial charge in [-0.3, -0.25) is 10.0 Å². The van der Waals surface area contributed by atoms with Gasteiger partial charge in [-0.05, 0) is 50.4 Å². The number of fused-ring (bicyclic) bond motifs is 2. The number of hydroxylamine groups is 2. The van der Waals surface area contributed by atoms with E-state index < -0.39 is 5.41 Å². The molecule has 2 saturated heterocycles. The number of nitrogens with zero attached hydrogens (tertiary/aromatic N) is 1. The van der Waals surface area contributed by atoms with Crippen molar-refractivity contribution in [1.82, 2.24) is 5.06 Å². The number of rotatable bonds is 15. The van der Waals surface area contributed by atoms with E-state index in [1.165, 1.54) is 58.4 Å². The second kappa shape index (κ2) is 12.3. The van der Waals surface area contributed by atoms with Crippen LogP contribution in [0.1, 0.15) is 97.8 Å². The summed E-state index contributed by atoms with van der Waals surface area (Å²) in [5, 5.41) is 10.1. The molecule has 0 aromatic rings. The molecule has 0 spiro atoms. The van der Waals surface area contributed by atoms with E-state index in [0.717, 1.165) is 44.0 Å². The van der Waals surface area contributed by atoms with Crippen molar-refractivity contribution in [2.75, 3.05) is 20.3 Å². The van der Waals surface area contributed by atoms with Gasteiger partial charge in [0, 0.05) is 25.7 Å². The smallest absolute Gasteiger partial charge is 0.251 e. The van der Waals surface area contributed by atoms with Crippen LogP contribution < -0.4 is 0 Å². The van der Waals surface area contributed by atoms with E-state index in [-0.39, 0.29) is 5.91 Å². The molecule has 0 aromatic heterocycles. The number of ether oxygens (including phenoxy) is 2. The highest BCUT2D eigenvalue weighted by atomic mass is 16.5. The Morgan fingerprint density at radius 2 is 1.66 bits per heavy atom. The molecule has 1 N–H and O–H groups in total. The number of hydrogen-bond acceptors (Lipinski definition) is 4. The average molecular weight is 412 g/mol. The van der Waals surface area contributed by atoms with Crippen LogP contribution in [0.25, 0.3) is 0 Å². The Bertz CT molecular complexity index is 480. The van der Waals surface area contributed by atoms with Gasteiger partial charge in [0.15, 0.2) is 0 Å². The highest BCUT2D eigenvalue weighted by Crippen LogP contribution is 2.47. The van der Waals surface area contributed by atoms with E-state index in [0.29, 0.717) is 24.0 Å². The Hall–Kier alpha value is -0.650. The number of amides is 1. The molecule has 5 nitrogen and oxygen atoms in total. The molecular weight excluding hydrogens is 366 g/mol. The molecule has 0 aromatic carbocycles. The van der Waals surface area contributed by atoms with Gasteiger partial charge < -0.3 is 9.47 Å². The van der Waals surface area contributed by atoms with Crippen LogP contribution in [0.3, 0.4) is 0 Å². The zero-order valence-electron chi connectivity index (χ0n) is 19.3. The van der Waals surface area contributed by atoms with Gasteiger partial charge in [0.2, 0.25) is 0 Å². The highest BCUT2D eigenvalue weighted by Gasteiger charge is 2.47. The van der Waals surface area contributed by atoms with Crippen molar-refractivity contribution in [2.45, 2.75) is 110 Å². The summed E-state index contributed by atoms with van der Waals surface area (Å²) in [7, 11) is 1.41. The Kier molecular flexibility index (Phi) is 10.4. The molecule has 29 heavy (non-hydrogen) atoms. The summed E-state index contributed by atoms with van der Waals surface area (Å²) in [4.78, 5) is 12.0. The quantitative estimate of drug-likeness (QED) is 0.217. The summed E-state index contributed by atoms with van der Waals surface area (Å²) in [6.45, 7) is 7.87. The van der Waals surface area contributed by atoms with Crippen molar-refractivity contribution in [3.63, 3.8) is 0 Å². The lowest BCUT2D eigenvalue weighted by atomic mass is 9.75. The van der Waals surface area contributed by atoms with E-state index >= 15 is 0 Å². The molecule has 2 bridgehead atoms. The van der Waals surface area contributed by atoms with Gasteiger partial charge in [-0.25, -0.2) is 5.06 Å². The van der Waals surface area contributed by atoms with Gasteiger partial charge in [0.1, 0.15) is 0 Å². The standard InChI is InChI=1S/C24H45NO4/c1-5-6-7-11-17-28-18-15-20-19(21-13-14-22(20)29-21)12-9-8-10-16-24(2,3)23(26)25(4)27/h19-22,27H,5-18H2,1-4H3. The summed E-state index contributed by atoms with van der Waals surface area (Å²) in [5.41, 5.74) is -0.490. The molecule has 0 radical (unpaired) electrons. The largest absolute Gasteiger partial charge is 0.381 e. The fraction of sp³-hybridized carbons (Fsp3) is 0.958. The molecular formula is C24H45NO4. The maximum absolute atomic E-state index is 12.0. The van der Waals surface area contributed by atoms with Gasteiger partial charge in [-0.2, -0.15) is 0 Å². The first-order valence-corrected chi connectivity index (χ1v) is 12.1. The zero-order chi connectivity index (χ0) is 21.3. The van der Waals surface area contributed by atoms with E-state index in [4.69, 9.17) is 9.47 Å². The molecule has 2 aliphatic rings. The SMILES string of the molecule is CCCCCCOCCC1C2CCC(O2)C1CCCCCC(C)(C)C(=O)N(C)O. The monoisotopic (exact) mass is 411 g/mol. The molecule has 5 heteroatoms. The van der Waals surface area contributed by atoms with Crippen molar-refractivity contribution in [1.29, 1.82) is 0 Å².